The molecule has 1 fully saturated rings. The number of benzene rings is 1. The molecule has 108 valence electrons. The molecule has 0 spiro atoms. The van der Waals surface area contributed by atoms with Crippen molar-refractivity contribution in [1.29, 1.82) is 0 Å². The first-order chi connectivity index (χ1) is 10.1. The summed E-state index contributed by atoms with van der Waals surface area (Å²) in [7, 11) is 0. The Hall–Kier alpha value is -1.88. The summed E-state index contributed by atoms with van der Waals surface area (Å²) in [5, 5.41) is 1.09. The van der Waals surface area contributed by atoms with Crippen molar-refractivity contribution in [2.75, 3.05) is 11.4 Å². The van der Waals surface area contributed by atoms with Crippen LogP contribution < -0.4 is 4.90 Å². The molecule has 2 aromatic rings. The van der Waals surface area contributed by atoms with E-state index >= 15 is 0 Å². The van der Waals surface area contributed by atoms with Gasteiger partial charge in [-0.1, -0.05) is 17.8 Å². The van der Waals surface area contributed by atoms with Crippen LogP contribution in [0.4, 0.5) is 5.69 Å². The molecule has 2 heterocycles. The largest absolute Gasteiger partial charge is 0.310 e. The van der Waals surface area contributed by atoms with Crippen LogP contribution in [0.1, 0.15) is 18.9 Å². The summed E-state index contributed by atoms with van der Waals surface area (Å²) in [6, 6.07) is 7.83. The molecular formula is C16H16N2O2S. The molecule has 21 heavy (non-hydrogen) atoms. The van der Waals surface area contributed by atoms with E-state index in [1.807, 2.05) is 31.2 Å². The summed E-state index contributed by atoms with van der Waals surface area (Å²) in [4.78, 5) is 29.8. The first kappa shape index (κ1) is 14.1. The van der Waals surface area contributed by atoms with Crippen molar-refractivity contribution in [2.24, 2.45) is 0 Å². The molecule has 1 atom stereocenters. The van der Waals surface area contributed by atoms with E-state index in [1.54, 1.807) is 18.0 Å². The molecule has 1 aliphatic rings. The minimum Gasteiger partial charge on any atom is -0.310 e. The summed E-state index contributed by atoms with van der Waals surface area (Å²) in [5.74, 6) is 0.0770. The van der Waals surface area contributed by atoms with Gasteiger partial charge >= 0.3 is 0 Å². The van der Waals surface area contributed by atoms with Crippen molar-refractivity contribution in [1.82, 2.24) is 4.98 Å². The number of carbonyl (C=O) groups excluding carboxylic acids is 2. The van der Waals surface area contributed by atoms with Gasteiger partial charge in [0.2, 0.25) is 5.91 Å². The van der Waals surface area contributed by atoms with Crippen molar-refractivity contribution < 1.29 is 9.59 Å². The van der Waals surface area contributed by atoms with Crippen LogP contribution in [0, 0.1) is 6.92 Å². The van der Waals surface area contributed by atoms with Crippen LogP contribution in [0.2, 0.25) is 0 Å². The molecule has 0 saturated carbocycles. The minimum absolute atomic E-state index is 0.0429. The number of pyridine rings is 1. The second-order valence-electron chi connectivity index (χ2n) is 5.24. The lowest BCUT2D eigenvalue weighted by atomic mass is 10.1. The monoisotopic (exact) mass is 300 g/mol. The minimum atomic E-state index is 0.0429. The molecule has 1 amide bonds. The molecule has 1 saturated heterocycles. The molecule has 0 N–H and O–H groups in total. The van der Waals surface area contributed by atoms with Crippen molar-refractivity contribution in [3.8, 4) is 0 Å². The van der Waals surface area contributed by atoms with Crippen molar-refractivity contribution in [3.63, 3.8) is 0 Å². The van der Waals surface area contributed by atoms with Gasteiger partial charge < -0.3 is 4.90 Å². The lowest BCUT2D eigenvalue weighted by Crippen LogP contribution is -2.26. The standard InChI is InChI=1S/C16H16N2O2S/c1-10-5-6-14-13(4-3-7-17-14)16(10)18-9-12(8-15(18)20)21-11(2)19/h3-7,12H,8-9H2,1-2H3. The molecule has 1 unspecified atom stereocenters. The summed E-state index contributed by atoms with van der Waals surface area (Å²) >= 11 is 1.26. The van der Waals surface area contributed by atoms with Crippen molar-refractivity contribution >= 4 is 39.4 Å². The number of rotatable bonds is 2. The predicted octanol–water partition coefficient (Wildman–Crippen LogP) is 2.93. The van der Waals surface area contributed by atoms with E-state index in [0.717, 1.165) is 22.2 Å². The molecule has 1 aromatic carbocycles. The molecule has 1 aliphatic heterocycles. The summed E-state index contributed by atoms with van der Waals surface area (Å²) in [5.41, 5.74) is 2.86. The highest BCUT2D eigenvalue weighted by Crippen LogP contribution is 2.35. The number of aryl methyl sites for hydroxylation is 1. The summed E-state index contributed by atoms with van der Waals surface area (Å²) in [6.45, 7) is 4.13. The second kappa shape index (κ2) is 5.48. The molecule has 0 aliphatic carbocycles. The Morgan fingerprint density at radius 3 is 2.95 bits per heavy atom. The predicted molar refractivity (Wildman–Crippen MR) is 85.5 cm³/mol. The zero-order valence-electron chi connectivity index (χ0n) is 12.0. The van der Waals surface area contributed by atoms with Gasteiger partial charge in [-0.15, -0.1) is 0 Å². The van der Waals surface area contributed by atoms with Crippen LogP contribution >= 0.6 is 11.8 Å². The highest BCUT2D eigenvalue weighted by molar-refractivity contribution is 8.14. The van der Waals surface area contributed by atoms with Gasteiger partial charge in [-0.05, 0) is 30.7 Å². The number of hydrogen-bond acceptors (Lipinski definition) is 4. The average Bonchev–Trinajstić information content (AvgIpc) is 2.78. The smallest absolute Gasteiger partial charge is 0.228 e. The van der Waals surface area contributed by atoms with Crippen LogP contribution in [-0.4, -0.2) is 27.8 Å². The Kier molecular flexibility index (Phi) is 3.68. The highest BCUT2D eigenvalue weighted by Gasteiger charge is 2.33. The van der Waals surface area contributed by atoms with Crippen molar-refractivity contribution in [3.05, 3.63) is 36.0 Å². The van der Waals surface area contributed by atoms with Gasteiger partial charge in [0.15, 0.2) is 5.12 Å². The van der Waals surface area contributed by atoms with E-state index in [0.29, 0.717) is 13.0 Å². The number of thioether (sulfide) groups is 1. The number of nitrogens with zero attached hydrogens (tertiary/aromatic N) is 2. The molecule has 0 bridgehead atoms. The van der Waals surface area contributed by atoms with Crippen LogP contribution in [0.5, 0.6) is 0 Å². The molecular weight excluding hydrogens is 284 g/mol. The van der Waals surface area contributed by atoms with Crippen LogP contribution in [0.25, 0.3) is 10.9 Å². The zero-order valence-corrected chi connectivity index (χ0v) is 12.8. The van der Waals surface area contributed by atoms with Crippen LogP contribution in [0.15, 0.2) is 30.5 Å². The second-order valence-corrected chi connectivity index (χ2v) is 6.72. The van der Waals surface area contributed by atoms with Crippen LogP contribution in [0.3, 0.4) is 0 Å². The molecule has 1 aromatic heterocycles. The molecule has 5 heteroatoms. The highest BCUT2D eigenvalue weighted by atomic mass is 32.2. The van der Waals surface area contributed by atoms with E-state index < -0.39 is 0 Å². The van der Waals surface area contributed by atoms with Gasteiger partial charge in [-0.3, -0.25) is 14.6 Å². The fourth-order valence-corrected chi connectivity index (χ4v) is 3.73. The van der Waals surface area contributed by atoms with Gasteiger partial charge in [0.25, 0.3) is 0 Å². The van der Waals surface area contributed by atoms with E-state index in [4.69, 9.17) is 0 Å². The number of hydrogen-bond donors (Lipinski definition) is 0. The van der Waals surface area contributed by atoms with E-state index in [1.165, 1.54) is 11.8 Å². The van der Waals surface area contributed by atoms with Crippen molar-refractivity contribution in [2.45, 2.75) is 25.5 Å². The third-order valence-corrected chi connectivity index (χ3v) is 4.63. The third-order valence-electron chi connectivity index (χ3n) is 3.65. The van der Waals surface area contributed by atoms with Gasteiger partial charge in [-0.2, -0.15) is 0 Å². The zero-order chi connectivity index (χ0) is 15.0. The maximum absolute atomic E-state index is 12.3. The Morgan fingerprint density at radius 1 is 1.38 bits per heavy atom. The maximum atomic E-state index is 12.3. The Bertz CT molecular complexity index is 729. The number of amides is 1. The lowest BCUT2D eigenvalue weighted by Gasteiger charge is -2.21. The fraction of sp³-hybridized carbons (Fsp3) is 0.312. The van der Waals surface area contributed by atoms with Gasteiger partial charge in [0.1, 0.15) is 0 Å². The average molecular weight is 300 g/mol. The fourth-order valence-electron chi connectivity index (χ4n) is 2.81. The maximum Gasteiger partial charge on any atom is 0.228 e. The third kappa shape index (κ3) is 2.65. The van der Waals surface area contributed by atoms with E-state index in [2.05, 4.69) is 4.98 Å². The Balaban J connectivity index is 2.02. The Morgan fingerprint density at radius 2 is 2.19 bits per heavy atom. The van der Waals surface area contributed by atoms with E-state index in [9.17, 15) is 9.59 Å². The summed E-state index contributed by atoms with van der Waals surface area (Å²) in [6.07, 6.45) is 2.17. The topological polar surface area (TPSA) is 50.3 Å². The summed E-state index contributed by atoms with van der Waals surface area (Å²) < 4.78 is 0. The normalized spacial score (nSPS) is 18.5. The first-order valence-corrected chi connectivity index (χ1v) is 7.76. The lowest BCUT2D eigenvalue weighted by molar-refractivity contribution is -0.117. The molecule has 4 nitrogen and oxygen atoms in total. The molecule has 0 radical (unpaired) electrons. The van der Waals surface area contributed by atoms with Gasteiger partial charge in [0, 0.05) is 36.7 Å². The molecule has 3 rings (SSSR count). The quantitative estimate of drug-likeness (QED) is 0.855. The number of fused-ring (bicyclic) bond motifs is 1. The number of aromatic nitrogens is 1. The Labute approximate surface area is 127 Å². The SMILES string of the molecule is CC(=O)SC1CC(=O)N(c2c(C)ccc3ncccc23)C1. The van der Waals surface area contributed by atoms with Gasteiger partial charge in [-0.25, -0.2) is 0 Å². The first-order valence-electron chi connectivity index (χ1n) is 6.88. The van der Waals surface area contributed by atoms with Crippen LogP contribution in [-0.2, 0) is 9.59 Å². The number of anilines is 1. The van der Waals surface area contributed by atoms with Gasteiger partial charge in [0.05, 0.1) is 11.2 Å². The number of carbonyl (C=O) groups is 2. The van der Waals surface area contributed by atoms with E-state index in [-0.39, 0.29) is 16.3 Å².